The van der Waals surface area contributed by atoms with Crippen LogP contribution in [0.2, 0.25) is 0 Å². The van der Waals surface area contributed by atoms with E-state index >= 15 is 0 Å². The predicted molar refractivity (Wildman–Crippen MR) is 39.6 cm³/mol. The number of rotatable bonds is 2. The smallest absolute Gasteiger partial charge is 0.141 e. The Morgan fingerprint density at radius 1 is 1.40 bits per heavy atom. The van der Waals surface area contributed by atoms with Crippen molar-refractivity contribution < 1.29 is 4.79 Å². The molecule has 0 unspecified atom stereocenters. The zero-order chi connectivity index (χ0) is 7.35. The first-order chi connectivity index (χ1) is 4.64. The fourth-order valence-corrected chi connectivity index (χ4v) is 2.39. The molecule has 0 spiro atoms. The highest BCUT2D eigenvalue weighted by atomic mass is 16.1. The maximum absolute atomic E-state index is 11.5. The Hall–Kier alpha value is -0.330. The van der Waals surface area contributed by atoms with Gasteiger partial charge in [0.25, 0.3) is 0 Å². The molecule has 0 aromatic rings. The molecule has 3 saturated carbocycles. The van der Waals surface area contributed by atoms with E-state index in [2.05, 4.69) is 0 Å². The molecule has 3 rings (SSSR count). The van der Waals surface area contributed by atoms with Gasteiger partial charge in [-0.15, -0.1) is 0 Å². The standard InChI is InChI=1S/C9H14O/c1-6(2)8(10)9-3-7(4-9)5-9/h6-7H,3-5H2,1-2H3. The molecule has 0 heterocycles. The van der Waals surface area contributed by atoms with E-state index in [0.29, 0.717) is 5.78 Å². The first-order valence-corrected chi connectivity index (χ1v) is 4.18. The highest BCUT2D eigenvalue weighted by Crippen LogP contribution is 2.65. The molecule has 1 heteroatoms. The summed E-state index contributed by atoms with van der Waals surface area (Å²) < 4.78 is 0. The quantitative estimate of drug-likeness (QED) is 0.570. The third kappa shape index (κ3) is 0.561. The van der Waals surface area contributed by atoms with Crippen LogP contribution in [0.15, 0.2) is 0 Å². The topological polar surface area (TPSA) is 17.1 Å². The van der Waals surface area contributed by atoms with Crippen molar-refractivity contribution in [2.24, 2.45) is 17.3 Å². The molecule has 1 nitrogen and oxygen atoms in total. The van der Waals surface area contributed by atoms with Gasteiger partial charge < -0.3 is 0 Å². The normalized spacial score (nSPS) is 42.5. The molecule has 0 aromatic carbocycles. The van der Waals surface area contributed by atoms with E-state index < -0.39 is 0 Å². The molecular weight excluding hydrogens is 124 g/mol. The molecule has 56 valence electrons. The zero-order valence-electron chi connectivity index (χ0n) is 6.68. The number of ketones is 1. The minimum atomic E-state index is 0.207. The average Bonchev–Trinajstić information content (AvgIpc) is 1.56. The monoisotopic (exact) mass is 138 g/mol. The second kappa shape index (κ2) is 1.63. The van der Waals surface area contributed by atoms with E-state index in [1.165, 1.54) is 19.3 Å². The van der Waals surface area contributed by atoms with Gasteiger partial charge in [-0.3, -0.25) is 4.79 Å². The van der Waals surface area contributed by atoms with Crippen molar-refractivity contribution >= 4 is 5.78 Å². The number of carbonyl (C=O) groups is 1. The van der Waals surface area contributed by atoms with Crippen LogP contribution in [0.1, 0.15) is 33.1 Å². The lowest BCUT2D eigenvalue weighted by molar-refractivity contribution is -0.165. The molecule has 3 fully saturated rings. The SMILES string of the molecule is CC(C)C(=O)C12CC(C1)C2. The molecule has 0 atom stereocenters. The maximum atomic E-state index is 11.5. The van der Waals surface area contributed by atoms with Gasteiger partial charge in [0.05, 0.1) is 0 Å². The van der Waals surface area contributed by atoms with Gasteiger partial charge in [-0.2, -0.15) is 0 Å². The Balaban J connectivity index is 2.05. The molecule has 2 bridgehead atoms. The third-order valence-corrected chi connectivity index (χ3v) is 3.09. The van der Waals surface area contributed by atoms with Crippen LogP contribution in [-0.4, -0.2) is 5.78 Å². The summed E-state index contributed by atoms with van der Waals surface area (Å²) in [4.78, 5) is 11.5. The summed E-state index contributed by atoms with van der Waals surface area (Å²) in [6, 6.07) is 0. The van der Waals surface area contributed by atoms with Crippen LogP contribution >= 0.6 is 0 Å². The van der Waals surface area contributed by atoms with Crippen molar-refractivity contribution in [2.75, 3.05) is 0 Å². The van der Waals surface area contributed by atoms with Crippen LogP contribution in [0.5, 0.6) is 0 Å². The van der Waals surface area contributed by atoms with Gasteiger partial charge in [0, 0.05) is 11.3 Å². The second-order valence-electron chi connectivity index (χ2n) is 4.28. The lowest BCUT2D eigenvalue weighted by atomic mass is 9.42. The molecule has 3 aliphatic carbocycles. The van der Waals surface area contributed by atoms with Crippen molar-refractivity contribution in [1.82, 2.24) is 0 Å². The molecule has 10 heavy (non-hydrogen) atoms. The number of hydrogen-bond donors (Lipinski definition) is 0. The van der Waals surface area contributed by atoms with Crippen LogP contribution in [0.3, 0.4) is 0 Å². The summed E-state index contributed by atoms with van der Waals surface area (Å²) in [5, 5.41) is 0. The largest absolute Gasteiger partial charge is 0.299 e. The number of carbonyl (C=O) groups excluding carboxylic acids is 1. The molecule has 0 amide bonds. The molecule has 0 aromatic heterocycles. The van der Waals surface area contributed by atoms with Crippen molar-refractivity contribution in [3.8, 4) is 0 Å². The molecular formula is C9H14O. The highest BCUT2D eigenvalue weighted by molar-refractivity contribution is 5.89. The first kappa shape index (κ1) is 6.38. The van der Waals surface area contributed by atoms with E-state index in [1.807, 2.05) is 13.8 Å². The maximum Gasteiger partial charge on any atom is 0.141 e. The number of Topliss-reactive ketones (excluding diaryl/α,β-unsaturated/α-hetero) is 1. The van der Waals surface area contributed by atoms with Gasteiger partial charge in [0.15, 0.2) is 0 Å². The summed E-state index contributed by atoms with van der Waals surface area (Å²) in [7, 11) is 0. The van der Waals surface area contributed by atoms with Crippen LogP contribution in [-0.2, 0) is 4.79 Å². The van der Waals surface area contributed by atoms with Crippen molar-refractivity contribution in [3.05, 3.63) is 0 Å². The van der Waals surface area contributed by atoms with Gasteiger partial charge in [-0.1, -0.05) is 13.8 Å². The lowest BCUT2D eigenvalue weighted by Crippen LogP contribution is -2.57. The van der Waals surface area contributed by atoms with E-state index in [9.17, 15) is 4.79 Å². The summed E-state index contributed by atoms with van der Waals surface area (Å²) in [5.74, 6) is 1.72. The Bertz CT molecular complexity index is 164. The third-order valence-electron chi connectivity index (χ3n) is 3.09. The predicted octanol–water partition coefficient (Wildman–Crippen LogP) is 2.01. The fourth-order valence-electron chi connectivity index (χ4n) is 2.39. The molecule has 0 aliphatic heterocycles. The minimum Gasteiger partial charge on any atom is -0.299 e. The Kier molecular flexibility index (Phi) is 1.04. The first-order valence-electron chi connectivity index (χ1n) is 4.18. The molecule has 0 radical (unpaired) electrons. The van der Waals surface area contributed by atoms with E-state index in [1.54, 1.807) is 0 Å². The zero-order valence-corrected chi connectivity index (χ0v) is 6.68. The van der Waals surface area contributed by atoms with Gasteiger partial charge in [-0.25, -0.2) is 0 Å². The van der Waals surface area contributed by atoms with E-state index in [4.69, 9.17) is 0 Å². The Labute approximate surface area is 61.8 Å². The summed E-state index contributed by atoms with van der Waals surface area (Å²) >= 11 is 0. The Morgan fingerprint density at radius 3 is 2.00 bits per heavy atom. The second-order valence-corrected chi connectivity index (χ2v) is 4.28. The van der Waals surface area contributed by atoms with Crippen molar-refractivity contribution in [2.45, 2.75) is 33.1 Å². The Morgan fingerprint density at radius 2 is 1.90 bits per heavy atom. The van der Waals surface area contributed by atoms with Crippen LogP contribution in [0, 0.1) is 17.3 Å². The van der Waals surface area contributed by atoms with Crippen LogP contribution in [0.4, 0.5) is 0 Å². The van der Waals surface area contributed by atoms with Gasteiger partial charge in [0.1, 0.15) is 5.78 Å². The van der Waals surface area contributed by atoms with Gasteiger partial charge >= 0.3 is 0 Å². The minimum absolute atomic E-state index is 0.207. The van der Waals surface area contributed by atoms with Crippen LogP contribution < -0.4 is 0 Å². The summed E-state index contributed by atoms with van der Waals surface area (Å²) in [6.07, 6.45) is 3.64. The van der Waals surface area contributed by atoms with Crippen molar-refractivity contribution in [1.29, 1.82) is 0 Å². The molecule has 0 N–H and O–H groups in total. The summed E-state index contributed by atoms with van der Waals surface area (Å²) in [5.41, 5.74) is 0.207. The average molecular weight is 138 g/mol. The molecule has 0 saturated heterocycles. The van der Waals surface area contributed by atoms with Gasteiger partial charge in [-0.05, 0) is 25.2 Å². The van der Waals surface area contributed by atoms with Crippen LogP contribution in [0.25, 0.3) is 0 Å². The summed E-state index contributed by atoms with van der Waals surface area (Å²) in [6.45, 7) is 4.03. The number of hydrogen-bond acceptors (Lipinski definition) is 1. The lowest BCUT2D eigenvalue weighted by Gasteiger charge is -2.61. The van der Waals surface area contributed by atoms with E-state index in [0.717, 1.165) is 5.92 Å². The fraction of sp³-hybridized carbons (Fsp3) is 0.889. The van der Waals surface area contributed by atoms with Crippen molar-refractivity contribution in [3.63, 3.8) is 0 Å². The highest BCUT2D eigenvalue weighted by Gasteiger charge is 2.60. The van der Waals surface area contributed by atoms with E-state index in [-0.39, 0.29) is 11.3 Å². The van der Waals surface area contributed by atoms with Gasteiger partial charge in [0.2, 0.25) is 0 Å². The molecule has 3 aliphatic rings.